The number of aryl methyl sites for hydroxylation is 2. The van der Waals surface area contributed by atoms with Gasteiger partial charge in [0.05, 0.1) is 16.3 Å². The molecule has 0 aliphatic heterocycles. The fourth-order valence-corrected chi connectivity index (χ4v) is 3.28. The van der Waals surface area contributed by atoms with Gasteiger partial charge in [0.1, 0.15) is 0 Å². The lowest BCUT2D eigenvalue weighted by molar-refractivity contribution is 1.02. The Morgan fingerprint density at radius 1 is 1.00 bits per heavy atom. The van der Waals surface area contributed by atoms with Crippen molar-refractivity contribution in [3.63, 3.8) is 0 Å². The minimum absolute atomic E-state index is 0.959. The van der Waals surface area contributed by atoms with Crippen LogP contribution in [-0.4, -0.2) is 16.4 Å². The highest BCUT2D eigenvalue weighted by Gasteiger charge is 2.10. The Morgan fingerprint density at radius 2 is 1.75 bits per heavy atom. The van der Waals surface area contributed by atoms with E-state index in [-0.39, 0.29) is 0 Å². The summed E-state index contributed by atoms with van der Waals surface area (Å²) in [7, 11) is 0. The standard InChI is InChI=1S/C20H19N3S/c1-15-20(16(2)23-22-15)24-19-13-7-6-12-18(19)21-14-8-11-17-9-4-3-5-10-17/h3-14H,1-2H3,(H,22,23). The van der Waals surface area contributed by atoms with E-state index in [0.717, 1.165) is 32.4 Å². The molecule has 4 heteroatoms. The molecule has 0 saturated heterocycles. The summed E-state index contributed by atoms with van der Waals surface area (Å²) in [5.41, 5.74) is 4.22. The largest absolute Gasteiger partial charge is 0.281 e. The second-order valence-electron chi connectivity index (χ2n) is 5.38. The third kappa shape index (κ3) is 4.03. The van der Waals surface area contributed by atoms with Gasteiger partial charge in [-0.2, -0.15) is 5.10 Å². The Bertz CT molecular complexity index is 844. The molecule has 0 spiro atoms. The van der Waals surface area contributed by atoms with Crippen molar-refractivity contribution in [2.24, 2.45) is 4.99 Å². The van der Waals surface area contributed by atoms with Crippen molar-refractivity contribution in [3.05, 3.63) is 77.6 Å². The van der Waals surface area contributed by atoms with Crippen molar-refractivity contribution >= 4 is 29.7 Å². The first-order valence-corrected chi connectivity index (χ1v) is 8.60. The van der Waals surface area contributed by atoms with E-state index in [1.807, 2.05) is 68.6 Å². The molecule has 0 fully saturated rings. The minimum Gasteiger partial charge on any atom is -0.281 e. The predicted molar refractivity (Wildman–Crippen MR) is 102 cm³/mol. The van der Waals surface area contributed by atoms with Gasteiger partial charge in [-0.1, -0.05) is 60.3 Å². The van der Waals surface area contributed by atoms with Crippen LogP contribution in [0.25, 0.3) is 6.08 Å². The normalized spacial score (nSPS) is 11.6. The van der Waals surface area contributed by atoms with Crippen LogP contribution in [0.1, 0.15) is 17.0 Å². The maximum atomic E-state index is 4.60. The van der Waals surface area contributed by atoms with E-state index in [1.54, 1.807) is 11.8 Å². The molecule has 1 heterocycles. The molecular formula is C20H19N3S. The molecule has 0 amide bonds. The smallest absolute Gasteiger partial charge is 0.0769 e. The minimum atomic E-state index is 0.959. The summed E-state index contributed by atoms with van der Waals surface area (Å²) < 4.78 is 0. The number of H-pyrrole nitrogens is 1. The zero-order valence-corrected chi connectivity index (χ0v) is 14.5. The number of nitrogens with one attached hydrogen (secondary N) is 1. The second-order valence-corrected chi connectivity index (χ2v) is 6.43. The first kappa shape index (κ1) is 16.3. The number of hydrogen-bond donors (Lipinski definition) is 1. The highest BCUT2D eigenvalue weighted by molar-refractivity contribution is 7.99. The van der Waals surface area contributed by atoms with Crippen LogP contribution < -0.4 is 0 Å². The first-order valence-electron chi connectivity index (χ1n) is 7.78. The van der Waals surface area contributed by atoms with Crippen molar-refractivity contribution in [2.45, 2.75) is 23.6 Å². The first-order chi connectivity index (χ1) is 11.7. The number of nitrogens with zero attached hydrogens (tertiary/aromatic N) is 2. The van der Waals surface area contributed by atoms with E-state index in [1.165, 1.54) is 0 Å². The van der Waals surface area contributed by atoms with Gasteiger partial charge in [0, 0.05) is 16.8 Å². The van der Waals surface area contributed by atoms with E-state index < -0.39 is 0 Å². The maximum Gasteiger partial charge on any atom is 0.0769 e. The third-order valence-corrected chi connectivity index (χ3v) is 4.90. The molecule has 0 saturated carbocycles. The van der Waals surface area contributed by atoms with E-state index in [0.29, 0.717) is 0 Å². The van der Waals surface area contributed by atoms with Gasteiger partial charge in [0.2, 0.25) is 0 Å². The predicted octanol–water partition coefficient (Wildman–Crippen LogP) is 5.59. The Hall–Kier alpha value is -2.59. The number of rotatable bonds is 5. The van der Waals surface area contributed by atoms with Crippen LogP contribution in [-0.2, 0) is 0 Å². The number of hydrogen-bond acceptors (Lipinski definition) is 3. The molecule has 1 aromatic heterocycles. The van der Waals surface area contributed by atoms with Gasteiger partial charge in [-0.05, 0) is 37.6 Å². The molecule has 0 radical (unpaired) electrons. The van der Waals surface area contributed by atoms with Crippen molar-refractivity contribution in [3.8, 4) is 0 Å². The quantitative estimate of drug-likeness (QED) is 0.618. The molecule has 0 atom stereocenters. The zero-order valence-electron chi connectivity index (χ0n) is 13.7. The maximum absolute atomic E-state index is 4.60. The van der Waals surface area contributed by atoms with Crippen LogP contribution in [0.2, 0.25) is 0 Å². The lowest BCUT2D eigenvalue weighted by Crippen LogP contribution is -1.79. The number of aromatic amines is 1. The number of aliphatic imine (C=N–C) groups is 1. The fourth-order valence-electron chi connectivity index (χ4n) is 2.29. The van der Waals surface area contributed by atoms with Gasteiger partial charge in [-0.25, -0.2) is 0 Å². The summed E-state index contributed by atoms with van der Waals surface area (Å²) in [6.07, 6.45) is 5.84. The molecule has 0 aliphatic rings. The van der Waals surface area contributed by atoms with Crippen LogP contribution in [0.5, 0.6) is 0 Å². The molecule has 3 rings (SSSR count). The van der Waals surface area contributed by atoms with Crippen LogP contribution >= 0.6 is 11.8 Å². The van der Waals surface area contributed by atoms with E-state index >= 15 is 0 Å². The number of aromatic nitrogens is 2. The SMILES string of the molecule is Cc1n[nH]c(C)c1Sc1ccccc1N=CC=Cc1ccccc1. The molecule has 3 aromatic rings. The number of para-hydroxylation sites is 1. The van der Waals surface area contributed by atoms with E-state index in [4.69, 9.17) is 0 Å². The summed E-state index contributed by atoms with van der Waals surface area (Å²) in [4.78, 5) is 6.88. The lowest BCUT2D eigenvalue weighted by atomic mass is 10.2. The number of benzene rings is 2. The van der Waals surface area contributed by atoms with Crippen molar-refractivity contribution in [1.29, 1.82) is 0 Å². The summed E-state index contributed by atoms with van der Waals surface area (Å²) in [5, 5.41) is 7.28. The Labute approximate surface area is 146 Å². The summed E-state index contributed by atoms with van der Waals surface area (Å²) in [6.45, 7) is 4.05. The van der Waals surface area contributed by atoms with Gasteiger partial charge in [0.25, 0.3) is 0 Å². The summed E-state index contributed by atoms with van der Waals surface area (Å²) in [5.74, 6) is 0. The number of allylic oxidation sites excluding steroid dienone is 1. The van der Waals surface area contributed by atoms with Gasteiger partial charge < -0.3 is 0 Å². The fraction of sp³-hybridized carbons (Fsp3) is 0.100. The summed E-state index contributed by atoms with van der Waals surface area (Å²) >= 11 is 1.70. The molecule has 2 aromatic carbocycles. The third-order valence-electron chi connectivity index (χ3n) is 3.53. The molecule has 0 aliphatic carbocycles. The molecule has 0 bridgehead atoms. The summed E-state index contributed by atoms with van der Waals surface area (Å²) in [6, 6.07) is 18.4. The van der Waals surface area contributed by atoms with Crippen molar-refractivity contribution < 1.29 is 0 Å². The van der Waals surface area contributed by atoms with Crippen molar-refractivity contribution in [1.82, 2.24) is 10.2 Å². The molecule has 3 nitrogen and oxygen atoms in total. The van der Waals surface area contributed by atoms with E-state index in [9.17, 15) is 0 Å². The van der Waals surface area contributed by atoms with Gasteiger partial charge in [-0.3, -0.25) is 10.1 Å². The molecular weight excluding hydrogens is 314 g/mol. The Kier molecular flexibility index (Phi) is 5.29. The van der Waals surface area contributed by atoms with Crippen LogP contribution in [0.4, 0.5) is 5.69 Å². The molecule has 120 valence electrons. The van der Waals surface area contributed by atoms with Crippen molar-refractivity contribution in [2.75, 3.05) is 0 Å². The molecule has 0 unspecified atom stereocenters. The average Bonchev–Trinajstić information content (AvgIpc) is 2.93. The van der Waals surface area contributed by atoms with Crippen LogP contribution in [0, 0.1) is 13.8 Å². The molecule has 24 heavy (non-hydrogen) atoms. The molecule has 1 N–H and O–H groups in total. The van der Waals surface area contributed by atoms with E-state index in [2.05, 4.69) is 33.4 Å². The van der Waals surface area contributed by atoms with Gasteiger partial charge in [-0.15, -0.1) is 0 Å². The highest BCUT2D eigenvalue weighted by Crippen LogP contribution is 2.37. The zero-order chi connectivity index (χ0) is 16.8. The van der Waals surface area contributed by atoms with Crippen LogP contribution in [0.3, 0.4) is 0 Å². The lowest BCUT2D eigenvalue weighted by Gasteiger charge is -2.05. The Balaban J connectivity index is 1.77. The van der Waals surface area contributed by atoms with Crippen LogP contribution in [0.15, 0.2) is 75.5 Å². The Morgan fingerprint density at radius 3 is 2.50 bits per heavy atom. The monoisotopic (exact) mass is 333 g/mol. The second kappa shape index (κ2) is 7.79. The highest BCUT2D eigenvalue weighted by atomic mass is 32.2. The van der Waals surface area contributed by atoms with Gasteiger partial charge in [0.15, 0.2) is 0 Å². The average molecular weight is 333 g/mol. The topological polar surface area (TPSA) is 41.0 Å². The van der Waals surface area contributed by atoms with Gasteiger partial charge >= 0.3 is 0 Å².